The monoisotopic (exact) mass is 257 g/mol. The lowest BCUT2D eigenvalue weighted by atomic mass is 10.1. The molecule has 0 saturated carbocycles. The summed E-state index contributed by atoms with van der Waals surface area (Å²) in [6, 6.07) is 3.74. The average molecular weight is 258 g/mol. The quantitative estimate of drug-likeness (QED) is 0.844. The molecular weight excluding hydrogens is 242 g/mol. The fourth-order valence-electron chi connectivity index (χ4n) is 1.38. The minimum absolute atomic E-state index is 0.385. The van der Waals surface area contributed by atoms with E-state index in [0.29, 0.717) is 13.2 Å². The van der Waals surface area contributed by atoms with Gasteiger partial charge in [0.1, 0.15) is 12.4 Å². The molecule has 0 aliphatic heterocycles. The van der Waals surface area contributed by atoms with Gasteiger partial charge in [-0.2, -0.15) is 0 Å². The molecule has 1 aromatic carbocycles. The number of hydrogen-bond acceptors (Lipinski definition) is 3. The van der Waals surface area contributed by atoms with Crippen molar-refractivity contribution in [3.05, 3.63) is 28.3 Å². The lowest BCUT2D eigenvalue weighted by Gasteiger charge is -2.10. The van der Waals surface area contributed by atoms with E-state index in [1.54, 1.807) is 0 Å². The Morgan fingerprint density at radius 3 is 2.47 bits per heavy atom. The third kappa shape index (κ3) is 4.15. The van der Waals surface area contributed by atoms with Crippen molar-refractivity contribution in [1.29, 1.82) is 0 Å². The van der Waals surface area contributed by atoms with Gasteiger partial charge in [0, 0.05) is 5.02 Å². The molecule has 1 amide bonds. The van der Waals surface area contributed by atoms with Crippen LogP contribution >= 0.6 is 11.6 Å². The van der Waals surface area contributed by atoms with Crippen LogP contribution in [0.1, 0.15) is 11.1 Å². The zero-order valence-corrected chi connectivity index (χ0v) is 10.9. The van der Waals surface area contributed by atoms with Crippen LogP contribution in [0.5, 0.6) is 5.75 Å². The summed E-state index contributed by atoms with van der Waals surface area (Å²) in [5.41, 5.74) is 1.95. The Kier molecular flexibility index (Phi) is 5.10. The summed E-state index contributed by atoms with van der Waals surface area (Å²) in [7, 11) is 1.32. The molecule has 0 spiro atoms. The van der Waals surface area contributed by atoms with E-state index in [1.165, 1.54) is 7.11 Å². The average Bonchev–Trinajstić information content (AvgIpc) is 2.31. The molecule has 17 heavy (non-hydrogen) atoms. The first-order valence-corrected chi connectivity index (χ1v) is 5.63. The van der Waals surface area contributed by atoms with E-state index in [-0.39, 0.29) is 0 Å². The lowest BCUT2D eigenvalue weighted by molar-refractivity contribution is 0.168. The molecule has 0 unspecified atom stereocenters. The molecule has 0 saturated heterocycles. The van der Waals surface area contributed by atoms with Crippen LogP contribution in [0, 0.1) is 13.8 Å². The van der Waals surface area contributed by atoms with Crippen molar-refractivity contribution in [3.63, 3.8) is 0 Å². The van der Waals surface area contributed by atoms with Crippen molar-refractivity contribution in [2.45, 2.75) is 13.8 Å². The molecule has 0 aromatic heterocycles. The Morgan fingerprint density at radius 2 is 1.94 bits per heavy atom. The SMILES string of the molecule is COC(=O)NCCOc1cc(C)c(Cl)c(C)c1. The zero-order valence-electron chi connectivity index (χ0n) is 10.2. The van der Waals surface area contributed by atoms with Crippen LogP contribution in [0.3, 0.4) is 0 Å². The van der Waals surface area contributed by atoms with Crippen molar-refractivity contribution in [3.8, 4) is 5.75 Å². The number of carbonyl (C=O) groups is 1. The topological polar surface area (TPSA) is 47.6 Å². The van der Waals surface area contributed by atoms with Crippen molar-refractivity contribution in [2.24, 2.45) is 0 Å². The Labute approximate surface area is 106 Å². The second kappa shape index (κ2) is 6.35. The van der Waals surface area contributed by atoms with E-state index in [4.69, 9.17) is 16.3 Å². The maximum Gasteiger partial charge on any atom is 0.406 e. The fourth-order valence-corrected chi connectivity index (χ4v) is 1.49. The molecule has 0 fully saturated rings. The van der Waals surface area contributed by atoms with E-state index in [0.717, 1.165) is 21.9 Å². The Balaban J connectivity index is 2.45. The van der Waals surface area contributed by atoms with Gasteiger partial charge in [-0.05, 0) is 37.1 Å². The van der Waals surface area contributed by atoms with Crippen LogP contribution in [0.25, 0.3) is 0 Å². The molecule has 0 radical (unpaired) electrons. The third-order valence-corrected chi connectivity index (χ3v) is 2.83. The summed E-state index contributed by atoms with van der Waals surface area (Å²) < 4.78 is 9.92. The molecule has 5 heteroatoms. The number of carbonyl (C=O) groups excluding carboxylic acids is 1. The number of nitrogens with one attached hydrogen (secondary N) is 1. The van der Waals surface area contributed by atoms with Crippen molar-refractivity contribution in [2.75, 3.05) is 20.3 Å². The first-order chi connectivity index (χ1) is 8.04. The normalized spacial score (nSPS) is 9.88. The summed E-state index contributed by atoms with van der Waals surface area (Å²) in [5.74, 6) is 0.746. The molecule has 0 aliphatic rings. The number of rotatable bonds is 4. The smallest absolute Gasteiger partial charge is 0.406 e. The molecule has 0 aliphatic carbocycles. The van der Waals surface area contributed by atoms with Crippen molar-refractivity contribution >= 4 is 17.7 Å². The maximum atomic E-state index is 10.8. The molecule has 1 rings (SSSR count). The summed E-state index contributed by atoms with van der Waals surface area (Å²) in [4.78, 5) is 10.8. The fraction of sp³-hybridized carbons (Fsp3) is 0.417. The van der Waals surface area contributed by atoms with Crippen LogP contribution in [0.2, 0.25) is 5.02 Å². The summed E-state index contributed by atoms with van der Waals surface area (Å²) >= 11 is 6.04. The molecule has 4 nitrogen and oxygen atoms in total. The van der Waals surface area contributed by atoms with Gasteiger partial charge in [-0.25, -0.2) is 4.79 Å². The number of methoxy groups -OCH3 is 1. The van der Waals surface area contributed by atoms with Gasteiger partial charge in [-0.15, -0.1) is 0 Å². The minimum Gasteiger partial charge on any atom is -0.492 e. The first-order valence-electron chi connectivity index (χ1n) is 5.26. The standard InChI is InChI=1S/C12H16ClNO3/c1-8-6-10(7-9(2)11(8)13)17-5-4-14-12(15)16-3/h6-7H,4-5H2,1-3H3,(H,14,15). The second-order valence-corrected chi connectivity index (χ2v) is 4.02. The summed E-state index contributed by atoms with van der Waals surface area (Å²) in [5, 5.41) is 3.29. The van der Waals surface area contributed by atoms with E-state index in [9.17, 15) is 4.79 Å². The summed E-state index contributed by atoms with van der Waals surface area (Å²) in [6.07, 6.45) is -0.461. The van der Waals surface area contributed by atoms with Crippen LogP contribution in [-0.4, -0.2) is 26.4 Å². The van der Waals surface area contributed by atoms with Crippen LogP contribution in [-0.2, 0) is 4.74 Å². The van der Waals surface area contributed by atoms with Gasteiger partial charge < -0.3 is 14.8 Å². The van der Waals surface area contributed by atoms with Gasteiger partial charge in [0.15, 0.2) is 0 Å². The molecule has 0 atom stereocenters. The zero-order chi connectivity index (χ0) is 12.8. The predicted octanol–water partition coefficient (Wildman–Crippen LogP) is 2.69. The number of amides is 1. The van der Waals surface area contributed by atoms with Gasteiger partial charge in [-0.3, -0.25) is 0 Å². The molecule has 0 bridgehead atoms. The first kappa shape index (κ1) is 13.6. The number of aryl methyl sites for hydroxylation is 2. The summed E-state index contributed by atoms with van der Waals surface area (Å²) in [6.45, 7) is 4.63. The predicted molar refractivity (Wildman–Crippen MR) is 66.8 cm³/mol. The van der Waals surface area contributed by atoms with E-state index < -0.39 is 6.09 Å². The highest BCUT2D eigenvalue weighted by molar-refractivity contribution is 6.32. The van der Waals surface area contributed by atoms with Gasteiger partial charge in [0.05, 0.1) is 13.7 Å². The van der Waals surface area contributed by atoms with Gasteiger partial charge in [-0.1, -0.05) is 11.6 Å². The third-order valence-electron chi connectivity index (χ3n) is 2.24. The van der Waals surface area contributed by atoms with E-state index in [1.807, 2.05) is 26.0 Å². The van der Waals surface area contributed by atoms with Gasteiger partial charge in [0.2, 0.25) is 0 Å². The number of alkyl carbamates (subject to hydrolysis) is 1. The Morgan fingerprint density at radius 1 is 1.35 bits per heavy atom. The van der Waals surface area contributed by atoms with E-state index in [2.05, 4.69) is 10.1 Å². The Bertz CT molecular complexity index is 384. The minimum atomic E-state index is -0.461. The van der Waals surface area contributed by atoms with Crippen molar-refractivity contribution < 1.29 is 14.3 Å². The number of benzene rings is 1. The highest BCUT2D eigenvalue weighted by Gasteiger charge is 2.03. The number of hydrogen-bond donors (Lipinski definition) is 1. The van der Waals surface area contributed by atoms with Crippen molar-refractivity contribution in [1.82, 2.24) is 5.32 Å². The molecule has 0 heterocycles. The van der Waals surface area contributed by atoms with Crippen LogP contribution in [0.15, 0.2) is 12.1 Å². The largest absolute Gasteiger partial charge is 0.492 e. The highest BCUT2D eigenvalue weighted by Crippen LogP contribution is 2.25. The second-order valence-electron chi connectivity index (χ2n) is 3.64. The molecule has 94 valence electrons. The molecular formula is C12H16ClNO3. The van der Waals surface area contributed by atoms with Crippen LogP contribution in [0.4, 0.5) is 4.79 Å². The maximum absolute atomic E-state index is 10.8. The molecule has 1 N–H and O–H groups in total. The highest BCUT2D eigenvalue weighted by atomic mass is 35.5. The Hall–Kier alpha value is -1.42. The van der Waals surface area contributed by atoms with E-state index >= 15 is 0 Å². The van der Waals surface area contributed by atoms with Gasteiger partial charge in [0.25, 0.3) is 0 Å². The lowest BCUT2D eigenvalue weighted by Crippen LogP contribution is -2.27. The molecule has 1 aromatic rings. The van der Waals surface area contributed by atoms with Crippen LogP contribution < -0.4 is 10.1 Å². The number of ether oxygens (including phenoxy) is 2. The van der Waals surface area contributed by atoms with Gasteiger partial charge >= 0.3 is 6.09 Å². The number of halogens is 1.